The largest absolute Gasteiger partial charge is 0.299 e. The molecule has 1 aromatic rings. The standard InChI is InChI=1S/C14H14O2/c15-11-7-10-6-5-9-3-1-2-4-12(9)14(10)13(16)8-11/h1-4,10,14H,5-8H2/t10-,14+/m0/s1. The van der Waals surface area contributed by atoms with Gasteiger partial charge in [0.05, 0.1) is 6.42 Å². The number of aryl methyl sites for hydroxylation is 1. The minimum Gasteiger partial charge on any atom is -0.299 e. The van der Waals surface area contributed by atoms with Crippen molar-refractivity contribution in [2.24, 2.45) is 5.92 Å². The van der Waals surface area contributed by atoms with E-state index in [1.807, 2.05) is 12.1 Å². The van der Waals surface area contributed by atoms with Crippen LogP contribution in [0.5, 0.6) is 0 Å². The predicted octanol–water partition coefficient (Wildman–Crippen LogP) is 2.26. The van der Waals surface area contributed by atoms with Gasteiger partial charge in [0.25, 0.3) is 0 Å². The molecule has 16 heavy (non-hydrogen) atoms. The molecule has 0 N–H and O–H groups in total. The molecule has 1 fully saturated rings. The number of rotatable bonds is 0. The molecule has 0 spiro atoms. The van der Waals surface area contributed by atoms with Gasteiger partial charge in [-0.05, 0) is 29.9 Å². The van der Waals surface area contributed by atoms with E-state index in [0.29, 0.717) is 6.42 Å². The van der Waals surface area contributed by atoms with Gasteiger partial charge < -0.3 is 0 Å². The number of benzene rings is 1. The van der Waals surface area contributed by atoms with Crippen LogP contribution in [0.3, 0.4) is 0 Å². The summed E-state index contributed by atoms with van der Waals surface area (Å²) in [6.07, 6.45) is 2.75. The van der Waals surface area contributed by atoms with Crippen LogP contribution in [-0.4, -0.2) is 11.6 Å². The lowest BCUT2D eigenvalue weighted by Crippen LogP contribution is -2.34. The number of Topliss-reactive ketones (excluding diaryl/α,β-unsaturated/α-hetero) is 2. The number of carbonyl (C=O) groups excluding carboxylic acids is 2. The molecule has 0 saturated heterocycles. The molecule has 2 heteroatoms. The van der Waals surface area contributed by atoms with E-state index in [4.69, 9.17) is 0 Å². The Bertz CT molecular complexity index is 462. The Kier molecular flexibility index (Phi) is 2.16. The normalized spacial score (nSPS) is 28.5. The average molecular weight is 214 g/mol. The Morgan fingerprint density at radius 3 is 2.81 bits per heavy atom. The average Bonchev–Trinajstić information content (AvgIpc) is 2.28. The van der Waals surface area contributed by atoms with E-state index in [-0.39, 0.29) is 29.8 Å². The highest BCUT2D eigenvalue weighted by molar-refractivity contribution is 6.05. The number of carbonyl (C=O) groups is 2. The van der Waals surface area contributed by atoms with Crippen molar-refractivity contribution in [1.82, 2.24) is 0 Å². The highest BCUT2D eigenvalue weighted by Crippen LogP contribution is 2.42. The second-order valence-corrected chi connectivity index (χ2v) is 4.86. The maximum Gasteiger partial charge on any atom is 0.147 e. The number of hydrogen-bond acceptors (Lipinski definition) is 2. The fraction of sp³-hybridized carbons (Fsp3) is 0.429. The Morgan fingerprint density at radius 1 is 1.12 bits per heavy atom. The van der Waals surface area contributed by atoms with Crippen molar-refractivity contribution in [3.8, 4) is 0 Å². The summed E-state index contributed by atoms with van der Waals surface area (Å²) < 4.78 is 0. The summed E-state index contributed by atoms with van der Waals surface area (Å²) in [4.78, 5) is 23.4. The first-order valence-corrected chi connectivity index (χ1v) is 5.88. The van der Waals surface area contributed by atoms with Crippen molar-refractivity contribution in [3.63, 3.8) is 0 Å². The SMILES string of the molecule is O=C1CC(=O)[C@H]2c3ccccc3CC[C@H]2C1. The minimum absolute atomic E-state index is 0.00245. The second kappa shape index (κ2) is 3.55. The first-order chi connectivity index (χ1) is 7.75. The van der Waals surface area contributed by atoms with E-state index in [0.717, 1.165) is 12.8 Å². The summed E-state index contributed by atoms with van der Waals surface area (Å²) in [6, 6.07) is 8.18. The van der Waals surface area contributed by atoms with Crippen LogP contribution in [0.4, 0.5) is 0 Å². The molecule has 1 aromatic carbocycles. The third kappa shape index (κ3) is 1.41. The third-order valence-electron chi connectivity index (χ3n) is 3.85. The quantitative estimate of drug-likeness (QED) is 0.621. The monoisotopic (exact) mass is 214 g/mol. The summed E-state index contributed by atoms with van der Waals surface area (Å²) in [5.41, 5.74) is 2.47. The van der Waals surface area contributed by atoms with Crippen LogP contribution in [0.25, 0.3) is 0 Å². The molecule has 2 atom stereocenters. The maximum absolute atomic E-state index is 12.0. The van der Waals surface area contributed by atoms with Crippen molar-refractivity contribution in [2.75, 3.05) is 0 Å². The van der Waals surface area contributed by atoms with Crippen molar-refractivity contribution in [1.29, 1.82) is 0 Å². The lowest BCUT2D eigenvalue weighted by molar-refractivity contribution is -0.133. The fourth-order valence-electron chi connectivity index (χ4n) is 3.15. The number of hydrogen-bond donors (Lipinski definition) is 0. The van der Waals surface area contributed by atoms with E-state index in [1.165, 1.54) is 11.1 Å². The molecule has 0 bridgehead atoms. The summed E-state index contributed by atoms with van der Waals surface area (Å²) in [5, 5.41) is 0. The Hall–Kier alpha value is -1.44. The van der Waals surface area contributed by atoms with Gasteiger partial charge in [0, 0.05) is 12.3 Å². The molecule has 3 rings (SSSR count). The van der Waals surface area contributed by atoms with Crippen LogP contribution in [0.1, 0.15) is 36.3 Å². The minimum atomic E-state index is 0.00245. The lowest BCUT2D eigenvalue weighted by atomic mass is 9.67. The summed E-state index contributed by atoms with van der Waals surface area (Å²) in [6.45, 7) is 0. The van der Waals surface area contributed by atoms with E-state index in [9.17, 15) is 9.59 Å². The van der Waals surface area contributed by atoms with Crippen LogP contribution in [0, 0.1) is 5.92 Å². The first kappa shape index (κ1) is 9.76. The maximum atomic E-state index is 12.0. The van der Waals surface area contributed by atoms with Gasteiger partial charge in [-0.25, -0.2) is 0 Å². The van der Waals surface area contributed by atoms with E-state index in [1.54, 1.807) is 0 Å². The summed E-state index contributed by atoms with van der Waals surface area (Å²) in [5.74, 6) is 0.533. The lowest BCUT2D eigenvalue weighted by Gasteiger charge is -2.35. The van der Waals surface area contributed by atoms with Gasteiger partial charge in [0.2, 0.25) is 0 Å². The molecule has 2 aliphatic carbocycles. The van der Waals surface area contributed by atoms with Gasteiger partial charge in [-0.3, -0.25) is 9.59 Å². The molecular weight excluding hydrogens is 200 g/mol. The second-order valence-electron chi connectivity index (χ2n) is 4.86. The number of ketones is 2. The Morgan fingerprint density at radius 2 is 1.94 bits per heavy atom. The van der Waals surface area contributed by atoms with Gasteiger partial charge in [0.1, 0.15) is 11.6 Å². The molecule has 2 aliphatic rings. The van der Waals surface area contributed by atoms with Gasteiger partial charge in [-0.2, -0.15) is 0 Å². The zero-order valence-corrected chi connectivity index (χ0v) is 9.11. The highest BCUT2D eigenvalue weighted by Gasteiger charge is 2.39. The van der Waals surface area contributed by atoms with Gasteiger partial charge in [0.15, 0.2) is 0 Å². The van der Waals surface area contributed by atoms with Crippen LogP contribution >= 0.6 is 0 Å². The zero-order chi connectivity index (χ0) is 11.1. The van der Waals surface area contributed by atoms with Crippen molar-refractivity contribution in [3.05, 3.63) is 35.4 Å². The van der Waals surface area contributed by atoms with Gasteiger partial charge in [-0.1, -0.05) is 24.3 Å². The molecule has 0 radical (unpaired) electrons. The zero-order valence-electron chi connectivity index (χ0n) is 9.11. The molecule has 0 heterocycles. The van der Waals surface area contributed by atoms with Crippen LogP contribution in [0.2, 0.25) is 0 Å². The third-order valence-corrected chi connectivity index (χ3v) is 3.85. The van der Waals surface area contributed by atoms with E-state index in [2.05, 4.69) is 12.1 Å². The Balaban J connectivity index is 2.05. The van der Waals surface area contributed by atoms with Crippen molar-refractivity contribution < 1.29 is 9.59 Å². The predicted molar refractivity (Wildman–Crippen MR) is 60.2 cm³/mol. The van der Waals surface area contributed by atoms with Crippen molar-refractivity contribution in [2.45, 2.75) is 31.6 Å². The molecule has 0 aliphatic heterocycles. The van der Waals surface area contributed by atoms with Crippen molar-refractivity contribution >= 4 is 11.6 Å². The molecule has 0 aromatic heterocycles. The number of fused-ring (bicyclic) bond motifs is 3. The van der Waals surface area contributed by atoms with Gasteiger partial charge in [-0.15, -0.1) is 0 Å². The van der Waals surface area contributed by atoms with E-state index < -0.39 is 0 Å². The van der Waals surface area contributed by atoms with Crippen LogP contribution in [0.15, 0.2) is 24.3 Å². The summed E-state index contributed by atoms with van der Waals surface area (Å²) >= 11 is 0. The van der Waals surface area contributed by atoms with E-state index >= 15 is 0 Å². The fourth-order valence-corrected chi connectivity index (χ4v) is 3.15. The molecule has 0 unspecified atom stereocenters. The molecular formula is C14H14O2. The molecule has 2 nitrogen and oxygen atoms in total. The first-order valence-electron chi connectivity index (χ1n) is 5.88. The highest BCUT2D eigenvalue weighted by atomic mass is 16.1. The molecule has 0 amide bonds. The van der Waals surface area contributed by atoms with Crippen LogP contribution < -0.4 is 0 Å². The molecule has 82 valence electrons. The summed E-state index contributed by atoms with van der Waals surface area (Å²) in [7, 11) is 0. The topological polar surface area (TPSA) is 34.1 Å². The van der Waals surface area contributed by atoms with Gasteiger partial charge >= 0.3 is 0 Å². The molecule has 1 saturated carbocycles. The smallest absolute Gasteiger partial charge is 0.147 e. The Labute approximate surface area is 94.7 Å². The van der Waals surface area contributed by atoms with Crippen LogP contribution in [-0.2, 0) is 16.0 Å².